The van der Waals surface area contributed by atoms with Crippen molar-refractivity contribution in [2.75, 3.05) is 16.9 Å². The van der Waals surface area contributed by atoms with Crippen LogP contribution < -0.4 is 21.1 Å². The fraction of sp³-hybridized carbons (Fsp3) is 0.143. The smallest absolute Gasteiger partial charge is 0.292 e. The SMILES string of the molecule is C=CCNC(=O)c1ccccc1NC(=O)C1=NC(C)C(=O)N(c2ccccc2)N1. The third-order valence-corrected chi connectivity index (χ3v) is 4.17. The Morgan fingerprint density at radius 1 is 1.14 bits per heavy atom. The van der Waals surface area contributed by atoms with E-state index in [4.69, 9.17) is 0 Å². The summed E-state index contributed by atoms with van der Waals surface area (Å²) in [6.45, 7) is 5.48. The number of amides is 3. The van der Waals surface area contributed by atoms with Crippen LogP contribution in [0.3, 0.4) is 0 Å². The molecule has 0 spiro atoms. The van der Waals surface area contributed by atoms with Crippen LogP contribution in [0.25, 0.3) is 0 Å². The molecule has 8 nitrogen and oxygen atoms in total. The highest BCUT2D eigenvalue weighted by Crippen LogP contribution is 2.18. The molecule has 0 aromatic heterocycles. The molecule has 2 aromatic rings. The first-order valence-corrected chi connectivity index (χ1v) is 9.04. The van der Waals surface area contributed by atoms with E-state index in [1.165, 1.54) is 5.01 Å². The summed E-state index contributed by atoms with van der Waals surface area (Å²) < 4.78 is 0. The van der Waals surface area contributed by atoms with Crippen molar-refractivity contribution in [2.24, 2.45) is 4.99 Å². The molecule has 0 bridgehead atoms. The molecule has 1 aliphatic rings. The van der Waals surface area contributed by atoms with Gasteiger partial charge in [0.25, 0.3) is 17.7 Å². The Kier molecular flexibility index (Phi) is 6.03. The first kappa shape index (κ1) is 19.8. The second-order valence-corrected chi connectivity index (χ2v) is 6.27. The summed E-state index contributed by atoms with van der Waals surface area (Å²) in [5, 5.41) is 6.65. The number of amidine groups is 1. The van der Waals surface area contributed by atoms with Crippen LogP contribution in [0.15, 0.2) is 72.2 Å². The minimum atomic E-state index is -0.733. The molecule has 148 valence electrons. The van der Waals surface area contributed by atoms with Gasteiger partial charge in [-0.15, -0.1) is 6.58 Å². The molecule has 0 radical (unpaired) electrons. The number of para-hydroxylation sites is 2. The second kappa shape index (κ2) is 8.83. The number of hydrazine groups is 1. The molecular weight excluding hydrogens is 370 g/mol. The molecule has 0 saturated carbocycles. The summed E-state index contributed by atoms with van der Waals surface area (Å²) in [6.07, 6.45) is 1.57. The van der Waals surface area contributed by atoms with Gasteiger partial charge in [-0.05, 0) is 31.2 Å². The van der Waals surface area contributed by atoms with Crippen molar-refractivity contribution in [2.45, 2.75) is 13.0 Å². The van der Waals surface area contributed by atoms with Crippen LogP contribution in [-0.4, -0.2) is 36.1 Å². The predicted octanol–water partition coefficient (Wildman–Crippen LogP) is 1.88. The average Bonchev–Trinajstić information content (AvgIpc) is 2.74. The van der Waals surface area contributed by atoms with Crippen molar-refractivity contribution in [3.05, 3.63) is 72.8 Å². The Bertz CT molecular complexity index is 971. The zero-order valence-electron chi connectivity index (χ0n) is 15.9. The molecule has 0 saturated heterocycles. The fourth-order valence-corrected chi connectivity index (χ4v) is 2.74. The Morgan fingerprint density at radius 3 is 2.55 bits per heavy atom. The highest BCUT2D eigenvalue weighted by atomic mass is 16.2. The molecule has 1 aliphatic heterocycles. The minimum absolute atomic E-state index is 0.0257. The Morgan fingerprint density at radius 2 is 1.83 bits per heavy atom. The molecule has 1 atom stereocenters. The van der Waals surface area contributed by atoms with Crippen LogP contribution in [0.1, 0.15) is 17.3 Å². The highest BCUT2D eigenvalue weighted by Gasteiger charge is 2.31. The molecule has 3 amide bonds. The van der Waals surface area contributed by atoms with Gasteiger partial charge < -0.3 is 10.6 Å². The number of anilines is 2. The van der Waals surface area contributed by atoms with Crippen molar-refractivity contribution < 1.29 is 14.4 Å². The molecule has 3 N–H and O–H groups in total. The number of aliphatic imine (C=N–C) groups is 1. The fourth-order valence-electron chi connectivity index (χ4n) is 2.74. The molecule has 1 heterocycles. The monoisotopic (exact) mass is 391 g/mol. The lowest BCUT2D eigenvalue weighted by Crippen LogP contribution is -2.57. The van der Waals surface area contributed by atoms with E-state index in [2.05, 4.69) is 27.6 Å². The first-order chi connectivity index (χ1) is 14.0. The van der Waals surface area contributed by atoms with E-state index in [0.717, 1.165) is 0 Å². The summed E-state index contributed by atoms with van der Waals surface area (Å²) in [4.78, 5) is 41.7. The van der Waals surface area contributed by atoms with Crippen molar-refractivity contribution in [1.29, 1.82) is 0 Å². The second-order valence-electron chi connectivity index (χ2n) is 6.27. The van der Waals surface area contributed by atoms with E-state index < -0.39 is 11.9 Å². The first-order valence-electron chi connectivity index (χ1n) is 9.04. The largest absolute Gasteiger partial charge is 0.349 e. The lowest BCUT2D eigenvalue weighted by molar-refractivity contribution is -0.120. The number of hydrogen-bond donors (Lipinski definition) is 3. The maximum absolute atomic E-state index is 12.8. The van der Waals surface area contributed by atoms with E-state index in [1.807, 2.05) is 6.07 Å². The number of nitrogens with one attached hydrogen (secondary N) is 3. The van der Waals surface area contributed by atoms with Gasteiger partial charge in [-0.2, -0.15) is 0 Å². The minimum Gasteiger partial charge on any atom is -0.349 e. The van der Waals surface area contributed by atoms with Crippen LogP contribution >= 0.6 is 0 Å². The van der Waals surface area contributed by atoms with Gasteiger partial charge in [-0.3, -0.25) is 19.8 Å². The highest BCUT2D eigenvalue weighted by molar-refractivity contribution is 6.43. The molecule has 29 heavy (non-hydrogen) atoms. The van der Waals surface area contributed by atoms with Gasteiger partial charge in [-0.25, -0.2) is 10.0 Å². The van der Waals surface area contributed by atoms with Gasteiger partial charge in [0, 0.05) is 6.54 Å². The average molecular weight is 391 g/mol. The number of benzene rings is 2. The van der Waals surface area contributed by atoms with Gasteiger partial charge in [0.15, 0.2) is 0 Å². The van der Waals surface area contributed by atoms with Gasteiger partial charge in [0.05, 0.1) is 16.9 Å². The quantitative estimate of drug-likeness (QED) is 0.654. The summed E-state index contributed by atoms with van der Waals surface area (Å²) >= 11 is 0. The van der Waals surface area contributed by atoms with Crippen LogP contribution in [0.4, 0.5) is 11.4 Å². The summed E-state index contributed by atoms with van der Waals surface area (Å²) in [5.74, 6) is -1.21. The van der Waals surface area contributed by atoms with Crippen molar-refractivity contribution in [3.63, 3.8) is 0 Å². The molecule has 0 aliphatic carbocycles. The van der Waals surface area contributed by atoms with Crippen molar-refractivity contribution in [3.8, 4) is 0 Å². The third kappa shape index (κ3) is 4.49. The van der Waals surface area contributed by atoms with Crippen LogP contribution in [-0.2, 0) is 9.59 Å². The van der Waals surface area contributed by atoms with E-state index in [9.17, 15) is 14.4 Å². The Hall–Kier alpha value is -3.94. The topological polar surface area (TPSA) is 103 Å². The number of rotatable bonds is 6. The molecule has 8 heteroatoms. The number of carbonyl (C=O) groups excluding carboxylic acids is 3. The molecular formula is C21H21N5O3. The zero-order chi connectivity index (χ0) is 20.8. The standard InChI is InChI=1S/C21H21N5O3/c1-3-13-22-19(27)16-11-7-8-12-17(16)24-20(28)18-23-14(2)21(29)26(25-18)15-9-5-4-6-10-15/h3-12,14H,1,13H2,2H3,(H,22,27)(H,23,25)(H,24,28). The van der Waals surface area contributed by atoms with Gasteiger partial charge >= 0.3 is 0 Å². The normalized spacial score (nSPS) is 15.8. The lowest BCUT2D eigenvalue weighted by atomic mass is 10.1. The van der Waals surface area contributed by atoms with E-state index in [-0.39, 0.29) is 17.6 Å². The summed E-state index contributed by atoms with van der Waals surface area (Å²) in [6, 6.07) is 14.8. The van der Waals surface area contributed by atoms with Crippen LogP contribution in [0.2, 0.25) is 0 Å². The predicted molar refractivity (Wildman–Crippen MR) is 112 cm³/mol. The van der Waals surface area contributed by atoms with E-state index in [1.54, 1.807) is 61.5 Å². The third-order valence-electron chi connectivity index (χ3n) is 4.17. The summed E-state index contributed by atoms with van der Waals surface area (Å²) in [7, 11) is 0. The van der Waals surface area contributed by atoms with E-state index >= 15 is 0 Å². The maximum atomic E-state index is 12.8. The molecule has 3 rings (SSSR count). The van der Waals surface area contributed by atoms with Crippen molar-refractivity contribution in [1.82, 2.24) is 10.7 Å². The maximum Gasteiger partial charge on any atom is 0.292 e. The Labute approximate surface area is 168 Å². The zero-order valence-corrected chi connectivity index (χ0v) is 15.9. The number of carbonyl (C=O) groups is 3. The number of hydrogen-bond acceptors (Lipinski definition) is 5. The van der Waals surface area contributed by atoms with E-state index in [0.29, 0.717) is 23.5 Å². The van der Waals surface area contributed by atoms with Crippen LogP contribution in [0.5, 0.6) is 0 Å². The molecule has 0 fully saturated rings. The number of nitrogens with zero attached hydrogens (tertiary/aromatic N) is 2. The van der Waals surface area contributed by atoms with Gasteiger partial charge in [0.2, 0.25) is 5.84 Å². The molecule has 1 unspecified atom stereocenters. The van der Waals surface area contributed by atoms with Crippen LogP contribution in [0, 0.1) is 0 Å². The van der Waals surface area contributed by atoms with Gasteiger partial charge in [-0.1, -0.05) is 36.4 Å². The van der Waals surface area contributed by atoms with Crippen molar-refractivity contribution >= 4 is 34.9 Å². The lowest BCUT2D eigenvalue weighted by Gasteiger charge is -2.30. The molecule has 2 aromatic carbocycles. The Balaban J connectivity index is 1.81. The van der Waals surface area contributed by atoms with Gasteiger partial charge in [0.1, 0.15) is 6.04 Å². The summed E-state index contributed by atoms with van der Waals surface area (Å²) in [5.41, 5.74) is 3.99.